The molecule has 52 valence electrons. The van der Waals surface area contributed by atoms with E-state index < -0.39 is 24.8 Å². The summed E-state index contributed by atoms with van der Waals surface area (Å²) < 4.78 is 20.3. The molecule has 0 unspecified atom stereocenters. The van der Waals surface area contributed by atoms with E-state index in [1.165, 1.54) is 0 Å². The third kappa shape index (κ3) is 3.52. The van der Waals surface area contributed by atoms with Crippen molar-refractivity contribution in [1.29, 1.82) is 0 Å². The fraction of sp³-hybridized carbons (Fsp3) is 0.600. The van der Waals surface area contributed by atoms with Crippen LogP contribution >= 0.6 is 0 Å². The Labute approximate surface area is 57.1 Å². The van der Waals surface area contributed by atoms with E-state index in [9.17, 15) is 9.59 Å². The van der Waals surface area contributed by atoms with Gasteiger partial charge in [-0.2, -0.15) is 0 Å². The third-order valence-corrected chi connectivity index (χ3v) is 0.595. The number of amides is 1. The number of carbonyl (C=O) groups excluding carboxylic acids is 1. The molecule has 4 heteroatoms. The van der Waals surface area contributed by atoms with Gasteiger partial charge in [-0.1, -0.05) is 0 Å². The van der Waals surface area contributed by atoms with Gasteiger partial charge in [0.05, 0.1) is 0 Å². The van der Waals surface area contributed by atoms with Gasteiger partial charge in [0.25, 0.3) is 0 Å². The molecule has 2 N–H and O–H groups in total. The van der Waals surface area contributed by atoms with Crippen molar-refractivity contribution in [2.24, 2.45) is 0 Å². The highest BCUT2D eigenvalue weighted by molar-refractivity contribution is 5.81. The molecule has 0 aliphatic carbocycles. The van der Waals surface area contributed by atoms with Crippen LogP contribution in [-0.2, 0) is 9.59 Å². The molecule has 1 amide bonds. The first-order valence-electron chi connectivity index (χ1n) is 3.75. The van der Waals surface area contributed by atoms with Crippen molar-refractivity contribution in [3.63, 3.8) is 0 Å². The van der Waals surface area contributed by atoms with E-state index in [4.69, 9.17) is 9.22 Å². The quantitative estimate of drug-likeness (QED) is 0.539. The molecule has 4 nitrogen and oxygen atoms in total. The largest absolute Gasteiger partial charge is 0.480 e. The molecule has 0 aromatic heterocycles. The Morgan fingerprint density at radius 3 is 2.44 bits per heavy atom. The minimum absolute atomic E-state index is 0.682. The van der Waals surface area contributed by atoms with Crippen LogP contribution in [0.25, 0.3) is 0 Å². The summed E-state index contributed by atoms with van der Waals surface area (Å²) >= 11 is 0. The fourth-order valence-corrected chi connectivity index (χ4v) is 0.265. The molecule has 1 atom stereocenters. The number of carboxylic acids is 1. The first-order chi connectivity index (χ1) is 5.25. The highest BCUT2D eigenvalue weighted by atomic mass is 16.4. The average molecular weight is 134 g/mol. The van der Waals surface area contributed by atoms with Crippen LogP contribution in [0.1, 0.15) is 17.9 Å². The molecule has 0 aromatic carbocycles. The van der Waals surface area contributed by atoms with Crippen molar-refractivity contribution in [3.05, 3.63) is 0 Å². The number of rotatable bonds is 2. The standard InChI is InChI=1S/C5H9NO3/c1-3(5(8)9)6-4(2)7/h3H,1-2H3,(H,6,7)(H,8,9)/t3-/m1/s1/i1D3. The second-order valence-corrected chi connectivity index (χ2v) is 1.47. The molecule has 0 radical (unpaired) electrons. The number of carboxylic acid groups (broad SMARTS) is 1. The predicted octanol–water partition coefficient (Wildman–Crippen LogP) is -0.404. The lowest BCUT2D eigenvalue weighted by molar-refractivity contribution is -0.140. The van der Waals surface area contributed by atoms with Crippen molar-refractivity contribution in [2.75, 3.05) is 0 Å². The molecule has 0 saturated carbocycles. The maximum Gasteiger partial charge on any atom is 0.325 e. The van der Waals surface area contributed by atoms with Gasteiger partial charge in [-0.25, -0.2) is 0 Å². The Kier molecular flexibility index (Phi) is 1.32. The van der Waals surface area contributed by atoms with Gasteiger partial charge in [-0.05, 0) is 6.85 Å². The van der Waals surface area contributed by atoms with Crippen molar-refractivity contribution < 1.29 is 18.8 Å². The van der Waals surface area contributed by atoms with Crippen LogP contribution in [-0.4, -0.2) is 23.0 Å². The van der Waals surface area contributed by atoms with Gasteiger partial charge in [-0.3, -0.25) is 9.59 Å². The van der Waals surface area contributed by atoms with E-state index in [0.717, 1.165) is 6.92 Å². The summed E-state index contributed by atoms with van der Waals surface area (Å²) in [7, 11) is 0. The zero-order valence-electron chi connectivity index (χ0n) is 7.84. The summed E-state index contributed by atoms with van der Waals surface area (Å²) in [6.07, 6.45) is 0. The maximum atomic E-state index is 10.4. The van der Waals surface area contributed by atoms with E-state index in [1.807, 2.05) is 5.32 Å². The molecule has 0 saturated heterocycles. The van der Waals surface area contributed by atoms with Crippen molar-refractivity contribution in [1.82, 2.24) is 5.32 Å². The van der Waals surface area contributed by atoms with Crippen molar-refractivity contribution >= 4 is 11.9 Å². The minimum Gasteiger partial charge on any atom is -0.480 e. The molecule has 0 rings (SSSR count). The molecular formula is C5H9NO3. The van der Waals surface area contributed by atoms with Crippen LogP contribution in [0.4, 0.5) is 0 Å². The zero-order chi connectivity index (χ0) is 9.94. The van der Waals surface area contributed by atoms with E-state index in [0.29, 0.717) is 0 Å². The molecule has 0 aromatic rings. The Balaban J connectivity index is 4.46. The molecule has 0 bridgehead atoms. The third-order valence-electron chi connectivity index (χ3n) is 0.595. The predicted molar refractivity (Wildman–Crippen MR) is 30.9 cm³/mol. The SMILES string of the molecule is [2H]C([2H])([2H])[C@@H](NC(C)=O)C(=O)O. The van der Waals surface area contributed by atoms with Crippen molar-refractivity contribution in [2.45, 2.75) is 19.8 Å². The highest BCUT2D eigenvalue weighted by Gasteiger charge is 2.09. The smallest absolute Gasteiger partial charge is 0.325 e. The molecule has 0 spiro atoms. The van der Waals surface area contributed by atoms with Crippen LogP contribution in [0, 0.1) is 0 Å². The van der Waals surface area contributed by atoms with Crippen LogP contribution in [0.2, 0.25) is 0 Å². The normalized spacial score (nSPS) is 18.6. The Morgan fingerprint density at radius 1 is 1.78 bits per heavy atom. The summed E-state index contributed by atoms with van der Waals surface area (Å²) in [5.74, 6) is -2.25. The van der Waals surface area contributed by atoms with Gasteiger partial charge in [-0.15, -0.1) is 0 Å². The molecule has 0 aliphatic heterocycles. The molecule has 0 fully saturated rings. The fourth-order valence-electron chi connectivity index (χ4n) is 0.265. The summed E-state index contributed by atoms with van der Waals surface area (Å²) in [6, 6.07) is -1.82. The van der Waals surface area contributed by atoms with Crippen molar-refractivity contribution in [3.8, 4) is 0 Å². The van der Waals surface area contributed by atoms with Gasteiger partial charge >= 0.3 is 5.97 Å². The zero-order valence-corrected chi connectivity index (χ0v) is 4.84. The highest BCUT2D eigenvalue weighted by Crippen LogP contribution is 1.78. The average Bonchev–Trinajstić information content (AvgIpc) is 1.79. The van der Waals surface area contributed by atoms with Crippen LogP contribution in [0.5, 0.6) is 0 Å². The van der Waals surface area contributed by atoms with Crippen LogP contribution < -0.4 is 5.32 Å². The summed E-state index contributed by atoms with van der Waals surface area (Å²) in [6.45, 7) is -1.65. The van der Waals surface area contributed by atoms with Crippen LogP contribution in [0.3, 0.4) is 0 Å². The lowest BCUT2D eigenvalue weighted by Crippen LogP contribution is -2.36. The van der Waals surface area contributed by atoms with E-state index in [1.54, 1.807) is 0 Å². The Morgan fingerprint density at radius 2 is 2.33 bits per heavy atom. The second-order valence-electron chi connectivity index (χ2n) is 1.47. The first-order valence-corrected chi connectivity index (χ1v) is 2.25. The molecule has 9 heavy (non-hydrogen) atoms. The number of aliphatic carboxylic acids is 1. The Hall–Kier alpha value is -1.06. The number of hydrogen-bond donors (Lipinski definition) is 2. The van der Waals surface area contributed by atoms with E-state index in [-0.39, 0.29) is 0 Å². The lowest BCUT2D eigenvalue weighted by Gasteiger charge is -2.04. The van der Waals surface area contributed by atoms with Gasteiger partial charge in [0.1, 0.15) is 6.04 Å². The Bertz CT molecular complexity index is 201. The van der Waals surface area contributed by atoms with Gasteiger partial charge in [0.15, 0.2) is 0 Å². The molecule has 0 aliphatic rings. The summed E-state index contributed by atoms with van der Waals surface area (Å²) in [5.41, 5.74) is 0. The number of carbonyl (C=O) groups is 2. The lowest BCUT2D eigenvalue weighted by atomic mass is 10.3. The van der Waals surface area contributed by atoms with Gasteiger partial charge in [0.2, 0.25) is 5.91 Å². The van der Waals surface area contributed by atoms with E-state index in [2.05, 4.69) is 0 Å². The minimum atomic E-state index is -2.71. The number of nitrogens with one attached hydrogen (secondary N) is 1. The van der Waals surface area contributed by atoms with E-state index >= 15 is 0 Å². The monoisotopic (exact) mass is 134 g/mol. The second kappa shape index (κ2) is 3.06. The number of hydrogen-bond acceptors (Lipinski definition) is 2. The van der Waals surface area contributed by atoms with Gasteiger partial charge < -0.3 is 10.4 Å². The van der Waals surface area contributed by atoms with Gasteiger partial charge in [0, 0.05) is 11.0 Å². The first kappa shape index (κ1) is 3.87. The molecule has 0 heterocycles. The summed E-state index contributed by atoms with van der Waals surface area (Å²) in [5, 5.41) is 10.2. The molecular weight excluding hydrogens is 122 g/mol. The summed E-state index contributed by atoms with van der Waals surface area (Å²) in [4.78, 5) is 20.7. The topological polar surface area (TPSA) is 66.4 Å². The van der Waals surface area contributed by atoms with Crippen LogP contribution in [0.15, 0.2) is 0 Å². The maximum absolute atomic E-state index is 10.4.